The van der Waals surface area contributed by atoms with Crippen LogP contribution in [0.15, 0.2) is 24.3 Å². The second-order valence-electron chi connectivity index (χ2n) is 5.06. The summed E-state index contributed by atoms with van der Waals surface area (Å²) in [6.45, 7) is 1.89. The van der Waals surface area contributed by atoms with E-state index in [1.807, 2.05) is 12.1 Å². The van der Waals surface area contributed by atoms with E-state index < -0.39 is 0 Å². The fraction of sp³-hybridized carbons (Fsp3) is 0.429. The molecule has 1 saturated heterocycles. The molecule has 0 spiro atoms. The molecule has 0 N–H and O–H groups in total. The maximum absolute atomic E-state index is 12.3. The average Bonchev–Trinajstić information content (AvgIpc) is 2.64. The Labute approximate surface area is 106 Å². The largest absolute Gasteiger partial charge is 0.306 e. The second kappa shape index (κ2) is 4.21. The van der Waals surface area contributed by atoms with Gasteiger partial charge in [0.05, 0.1) is 11.1 Å². The van der Waals surface area contributed by atoms with Gasteiger partial charge in [0.2, 0.25) is 0 Å². The number of nitrogens with zero attached hydrogens (tertiary/aromatic N) is 2. The van der Waals surface area contributed by atoms with Crippen molar-refractivity contribution in [1.29, 1.82) is 0 Å². The van der Waals surface area contributed by atoms with Crippen molar-refractivity contribution in [1.82, 2.24) is 9.80 Å². The lowest BCUT2D eigenvalue weighted by atomic mass is 10.0. The fourth-order valence-corrected chi connectivity index (χ4v) is 2.79. The molecule has 0 unspecified atom stereocenters. The van der Waals surface area contributed by atoms with Crippen LogP contribution < -0.4 is 0 Å². The third kappa shape index (κ3) is 1.64. The number of likely N-dealkylation sites (tertiary alicyclic amines) is 1. The zero-order valence-corrected chi connectivity index (χ0v) is 10.4. The number of benzene rings is 1. The van der Waals surface area contributed by atoms with Crippen molar-refractivity contribution in [3.8, 4) is 0 Å². The van der Waals surface area contributed by atoms with Crippen LogP contribution >= 0.6 is 0 Å². The van der Waals surface area contributed by atoms with E-state index in [1.165, 1.54) is 4.90 Å². The minimum absolute atomic E-state index is 0.0635. The van der Waals surface area contributed by atoms with E-state index in [4.69, 9.17) is 0 Å². The number of hydrogen-bond donors (Lipinski definition) is 0. The zero-order valence-electron chi connectivity index (χ0n) is 10.4. The van der Waals surface area contributed by atoms with E-state index in [-0.39, 0.29) is 17.9 Å². The summed E-state index contributed by atoms with van der Waals surface area (Å²) in [5.41, 5.74) is 1.11. The van der Waals surface area contributed by atoms with Crippen LogP contribution in [-0.4, -0.2) is 47.8 Å². The highest BCUT2D eigenvalue weighted by molar-refractivity contribution is 6.21. The molecule has 2 heterocycles. The van der Waals surface area contributed by atoms with Crippen LogP contribution in [0.4, 0.5) is 0 Å². The Balaban J connectivity index is 1.88. The van der Waals surface area contributed by atoms with Crippen molar-refractivity contribution in [2.75, 3.05) is 20.1 Å². The van der Waals surface area contributed by atoms with Crippen LogP contribution in [0.5, 0.6) is 0 Å². The molecular formula is C14H16N2O2. The summed E-state index contributed by atoms with van der Waals surface area (Å²) in [7, 11) is 2.07. The molecule has 2 aliphatic rings. The number of amides is 2. The number of piperidine rings is 1. The first-order chi connectivity index (χ1) is 8.68. The Morgan fingerprint density at radius 1 is 1.00 bits per heavy atom. The van der Waals surface area contributed by atoms with E-state index in [2.05, 4.69) is 11.9 Å². The number of carbonyl (C=O) groups is 2. The Morgan fingerprint density at radius 2 is 1.50 bits per heavy atom. The third-order valence-electron chi connectivity index (χ3n) is 3.88. The molecule has 1 fully saturated rings. The van der Waals surface area contributed by atoms with Gasteiger partial charge in [-0.15, -0.1) is 0 Å². The van der Waals surface area contributed by atoms with Gasteiger partial charge in [-0.2, -0.15) is 0 Å². The second-order valence-corrected chi connectivity index (χ2v) is 5.06. The van der Waals surface area contributed by atoms with Gasteiger partial charge < -0.3 is 4.90 Å². The van der Waals surface area contributed by atoms with Gasteiger partial charge in [-0.3, -0.25) is 14.5 Å². The van der Waals surface area contributed by atoms with Crippen LogP contribution in [0.25, 0.3) is 0 Å². The Hall–Kier alpha value is -1.68. The van der Waals surface area contributed by atoms with Gasteiger partial charge >= 0.3 is 0 Å². The standard InChI is InChI=1S/C14H16N2O2/c1-15-8-6-10(7-9-15)16-13(17)11-4-2-3-5-12(11)14(16)18/h2-5,10H,6-9H2,1H3. The summed E-state index contributed by atoms with van der Waals surface area (Å²) in [5.74, 6) is -0.240. The molecule has 3 rings (SSSR count). The number of imide groups is 1. The monoisotopic (exact) mass is 244 g/mol. The summed E-state index contributed by atoms with van der Waals surface area (Å²) in [5, 5.41) is 0. The van der Waals surface area contributed by atoms with Gasteiger partial charge in [0, 0.05) is 6.04 Å². The van der Waals surface area contributed by atoms with E-state index in [0.29, 0.717) is 11.1 Å². The van der Waals surface area contributed by atoms with E-state index >= 15 is 0 Å². The summed E-state index contributed by atoms with van der Waals surface area (Å²) >= 11 is 0. The van der Waals surface area contributed by atoms with Crippen LogP contribution in [0, 0.1) is 0 Å². The normalized spacial score (nSPS) is 21.5. The quantitative estimate of drug-likeness (QED) is 0.701. The first kappa shape index (κ1) is 11.4. The first-order valence-corrected chi connectivity index (χ1v) is 6.34. The van der Waals surface area contributed by atoms with E-state index in [1.54, 1.807) is 12.1 Å². The number of carbonyl (C=O) groups excluding carboxylic acids is 2. The van der Waals surface area contributed by atoms with Crippen molar-refractivity contribution in [3.05, 3.63) is 35.4 Å². The summed E-state index contributed by atoms with van der Waals surface area (Å²) in [6.07, 6.45) is 1.75. The summed E-state index contributed by atoms with van der Waals surface area (Å²) in [6, 6.07) is 7.16. The Bertz CT molecular complexity index is 469. The lowest BCUT2D eigenvalue weighted by Gasteiger charge is -2.33. The molecule has 1 aromatic rings. The third-order valence-corrected chi connectivity index (χ3v) is 3.88. The van der Waals surface area contributed by atoms with Crippen LogP contribution in [-0.2, 0) is 0 Å². The molecule has 0 saturated carbocycles. The molecule has 0 bridgehead atoms. The molecule has 1 aromatic carbocycles. The summed E-state index contributed by atoms with van der Waals surface area (Å²) < 4.78 is 0. The molecule has 0 atom stereocenters. The molecule has 2 aliphatic heterocycles. The Morgan fingerprint density at radius 3 is 2.00 bits per heavy atom. The van der Waals surface area contributed by atoms with Gasteiger partial charge in [0.25, 0.3) is 11.8 Å². The molecule has 4 heteroatoms. The fourth-order valence-electron chi connectivity index (χ4n) is 2.79. The number of fused-ring (bicyclic) bond motifs is 1. The minimum atomic E-state index is -0.120. The van der Waals surface area contributed by atoms with E-state index in [0.717, 1.165) is 25.9 Å². The van der Waals surface area contributed by atoms with Gasteiger partial charge in [-0.05, 0) is 45.1 Å². The molecule has 0 aromatic heterocycles. The van der Waals surface area contributed by atoms with E-state index in [9.17, 15) is 9.59 Å². The van der Waals surface area contributed by atoms with Crippen LogP contribution in [0.3, 0.4) is 0 Å². The van der Waals surface area contributed by atoms with Crippen LogP contribution in [0.1, 0.15) is 33.6 Å². The highest BCUT2D eigenvalue weighted by Crippen LogP contribution is 2.27. The number of rotatable bonds is 1. The molecule has 2 amide bonds. The lowest BCUT2D eigenvalue weighted by Crippen LogP contribution is -2.46. The molecular weight excluding hydrogens is 228 g/mol. The maximum atomic E-state index is 12.3. The van der Waals surface area contributed by atoms with Crippen LogP contribution in [0.2, 0.25) is 0 Å². The first-order valence-electron chi connectivity index (χ1n) is 6.34. The van der Waals surface area contributed by atoms with Crippen molar-refractivity contribution < 1.29 is 9.59 Å². The molecule has 94 valence electrons. The average molecular weight is 244 g/mol. The summed E-state index contributed by atoms with van der Waals surface area (Å²) in [4.78, 5) is 28.3. The van der Waals surface area contributed by atoms with Gasteiger partial charge in [-0.25, -0.2) is 0 Å². The molecule has 18 heavy (non-hydrogen) atoms. The molecule has 0 aliphatic carbocycles. The van der Waals surface area contributed by atoms with Crippen molar-refractivity contribution >= 4 is 11.8 Å². The Kier molecular flexibility index (Phi) is 2.67. The van der Waals surface area contributed by atoms with Gasteiger partial charge in [0.1, 0.15) is 0 Å². The highest BCUT2D eigenvalue weighted by atomic mass is 16.2. The maximum Gasteiger partial charge on any atom is 0.261 e. The highest BCUT2D eigenvalue weighted by Gasteiger charge is 2.40. The predicted molar refractivity (Wildman–Crippen MR) is 67.5 cm³/mol. The van der Waals surface area contributed by atoms with Crippen molar-refractivity contribution in [3.63, 3.8) is 0 Å². The molecule has 0 radical (unpaired) electrons. The number of hydrogen-bond acceptors (Lipinski definition) is 3. The SMILES string of the molecule is CN1CCC(N2C(=O)c3ccccc3C2=O)CC1. The van der Waals surface area contributed by atoms with Gasteiger partial charge in [0.15, 0.2) is 0 Å². The van der Waals surface area contributed by atoms with Crippen molar-refractivity contribution in [2.24, 2.45) is 0 Å². The molecule has 4 nitrogen and oxygen atoms in total. The minimum Gasteiger partial charge on any atom is -0.306 e. The smallest absolute Gasteiger partial charge is 0.261 e. The predicted octanol–water partition coefficient (Wildman–Crippen LogP) is 1.38. The lowest BCUT2D eigenvalue weighted by molar-refractivity contribution is 0.0516. The zero-order chi connectivity index (χ0) is 12.7. The van der Waals surface area contributed by atoms with Crippen molar-refractivity contribution in [2.45, 2.75) is 18.9 Å². The van der Waals surface area contributed by atoms with Gasteiger partial charge in [-0.1, -0.05) is 12.1 Å². The topological polar surface area (TPSA) is 40.6 Å².